The lowest BCUT2D eigenvalue weighted by atomic mass is 9.91. The quantitative estimate of drug-likeness (QED) is 0.115. The minimum atomic E-state index is 0.487. The van der Waals surface area contributed by atoms with Gasteiger partial charge in [0.05, 0.1) is 51.4 Å². The first-order valence-corrected chi connectivity index (χ1v) is 29.0. The summed E-state index contributed by atoms with van der Waals surface area (Å²) in [6.07, 6.45) is 0. The number of rotatable bonds is 12. The van der Waals surface area contributed by atoms with E-state index in [9.17, 15) is 10.5 Å². The highest BCUT2D eigenvalue weighted by Gasteiger charge is 2.26. The van der Waals surface area contributed by atoms with Crippen molar-refractivity contribution in [3.63, 3.8) is 0 Å². The van der Waals surface area contributed by atoms with Crippen LogP contribution in [0.1, 0.15) is 11.1 Å². The Hall–Kier alpha value is -12.7. The minimum Gasteiger partial charge on any atom is -0.308 e. The Kier molecular flexibility index (Phi) is 13.7. The van der Waals surface area contributed by atoms with Crippen molar-refractivity contribution in [3.05, 3.63) is 296 Å². The summed E-state index contributed by atoms with van der Waals surface area (Å²) in [4.78, 5) is 41.6. The zero-order valence-corrected chi connectivity index (χ0v) is 47.6. The van der Waals surface area contributed by atoms with Crippen LogP contribution >= 0.6 is 0 Å². The molecule has 0 spiro atoms. The zero-order valence-electron chi connectivity index (χ0n) is 47.6. The summed E-state index contributed by atoms with van der Waals surface area (Å²) in [6.45, 7) is 0. The normalized spacial score (nSPS) is 11.1. The van der Waals surface area contributed by atoms with Crippen LogP contribution in [0, 0.1) is 22.7 Å². The molecule has 0 saturated heterocycles. The largest absolute Gasteiger partial charge is 0.308 e. The zero-order chi connectivity index (χ0) is 59.6. The average Bonchev–Trinajstić information content (AvgIpc) is 1.66. The molecule has 0 bridgehead atoms. The van der Waals surface area contributed by atoms with E-state index in [4.69, 9.17) is 39.9 Å². The van der Waals surface area contributed by atoms with Crippen LogP contribution in [0.3, 0.4) is 0 Å². The van der Waals surface area contributed by atoms with Gasteiger partial charge in [-0.05, 0) is 90.0 Å². The van der Waals surface area contributed by atoms with E-state index in [0.29, 0.717) is 51.9 Å². The molecule has 11 aromatic carbocycles. The lowest BCUT2D eigenvalue weighted by Gasteiger charge is -2.21. The van der Waals surface area contributed by atoms with Gasteiger partial charge >= 0.3 is 0 Å². The monoisotopic (exact) mass is 1140 g/mol. The molecule has 11 nitrogen and oxygen atoms in total. The number of aromatic nitrogens is 9. The first kappa shape index (κ1) is 53.1. The molecule has 0 saturated carbocycles. The molecule has 0 aliphatic heterocycles. The van der Waals surface area contributed by atoms with Gasteiger partial charge in [0.1, 0.15) is 0 Å². The van der Waals surface area contributed by atoms with Crippen molar-refractivity contribution in [1.29, 1.82) is 10.5 Å². The second-order valence-corrected chi connectivity index (χ2v) is 21.4. The molecule has 0 aliphatic rings. The third kappa shape index (κ3) is 10.4. The van der Waals surface area contributed by atoms with E-state index in [1.807, 2.05) is 212 Å². The summed E-state index contributed by atoms with van der Waals surface area (Å²) in [6, 6.07) is 99.2. The molecule has 15 rings (SSSR count). The second-order valence-electron chi connectivity index (χ2n) is 21.4. The van der Waals surface area contributed by atoms with E-state index in [-0.39, 0.29) is 0 Å². The molecule has 0 radical (unpaired) electrons. The molecule has 0 N–H and O–H groups in total. The molecular weight excluding hydrogens is 1090 g/mol. The summed E-state index contributed by atoms with van der Waals surface area (Å²) in [7, 11) is 0. The highest BCUT2D eigenvalue weighted by molar-refractivity contribution is 6.13. The molecular formula is C78H47N11. The van der Waals surface area contributed by atoms with Crippen LogP contribution in [-0.4, -0.2) is 44.4 Å². The highest BCUT2D eigenvalue weighted by atomic mass is 15.0. The van der Waals surface area contributed by atoms with E-state index >= 15 is 0 Å². The van der Waals surface area contributed by atoms with Crippen LogP contribution in [-0.2, 0) is 0 Å². The summed E-state index contributed by atoms with van der Waals surface area (Å²) < 4.78 is 2.29. The fraction of sp³-hybridized carbons (Fsp3) is 0. The molecule has 0 aliphatic carbocycles. The molecule has 89 heavy (non-hydrogen) atoms. The van der Waals surface area contributed by atoms with Gasteiger partial charge < -0.3 is 4.57 Å². The van der Waals surface area contributed by atoms with Gasteiger partial charge in [-0.15, -0.1) is 0 Å². The topological polar surface area (TPSA) is 156 Å². The average molecular weight is 1140 g/mol. The van der Waals surface area contributed by atoms with Crippen LogP contribution in [0.25, 0.3) is 152 Å². The third-order valence-corrected chi connectivity index (χ3v) is 15.7. The van der Waals surface area contributed by atoms with Gasteiger partial charge in [0.25, 0.3) is 0 Å². The van der Waals surface area contributed by atoms with Gasteiger partial charge in [-0.3, -0.25) is 0 Å². The van der Waals surface area contributed by atoms with Crippen LogP contribution in [0.2, 0.25) is 0 Å². The van der Waals surface area contributed by atoms with E-state index in [1.54, 1.807) is 0 Å². The smallest absolute Gasteiger partial charge is 0.164 e. The Morgan fingerprint density at radius 1 is 0.236 bits per heavy atom. The number of hydrogen-bond donors (Lipinski definition) is 0. The van der Waals surface area contributed by atoms with Crippen LogP contribution in [0.5, 0.6) is 0 Å². The van der Waals surface area contributed by atoms with Gasteiger partial charge in [-0.2, -0.15) is 10.5 Å². The molecule has 11 heteroatoms. The summed E-state index contributed by atoms with van der Waals surface area (Å²) in [5, 5.41) is 22.9. The summed E-state index contributed by atoms with van der Waals surface area (Å²) >= 11 is 0. The Bertz CT molecular complexity index is 4820. The predicted octanol–water partition coefficient (Wildman–Crippen LogP) is 18.0. The minimum absolute atomic E-state index is 0.487. The van der Waals surface area contributed by atoms with Crippen molar-refractivity contribution in [3.8, 4) is 142 Å². The number of nitriles is 2. The van der Waals surface area contributed by atoms with Crippen molar-refractivity contribution in [2.75, 3.05) is 0 Å². The van der Waals surface area contributed by atoms with Gasteiger partial charge in [-0.1, -0.05) is 206 Å². The molecule has 4 heterocycles. The molecule has 0 amide bonds. The first-order chi connectivity index (χ1) is 44.0. The number of benzene rings is 11. The van der Waals surface area contributed by atoms with Gasteiger partial charge in [0.2, 0.25) is 0 Å². The number of hydrogen-bond acceptors (Lipinski definition) is 10. The van der Waals surface area contributed by atoms with Gasteiger partial charge in [0, 0.05) is 72.0 Å². The standard InChI is InChI=1S/C78H47N11/c79-48-50-21-19-35-58(41-50)63-45-62(78-81-67(52-23-7-1-8-24-52)47-68(82-78)53-25-9-2-10-26-53)46-64(59-36-20-22-51(42-59)49-80)71(63)89-69-39-37-60(76-85-72(54-27-11-3-12-28-54)83-73(86-76)55-29-13-4-14-30-55)43-65(69)66-44-61(38-40-70(66)89)77-87-74(56-31-15-5-16-32-56)84-75(88-77)57-33-17-6-18-34-57/h1-47H. The maximum absolute atomic E-state index is 10.6. The van der Waals surface area contributed by atoms with Crippen molar-refractivity contribution >= 4 is 21.8 Å². The Balaban J connectivity index is 1.04. The van der Waals surface area contributed by atoms with Crippen LogP contribution in [0.4, 0.5) is 0 Å². The number of fused-ring (bicyclic) bond motifs is 3. The third-order valence-electron chi connectivity index (χ3n) is 15.7. The lowest BCUT2D eigenvalue weighted by Crippen LogP contribution is -2.04. The predicted molar refractivity (Wildman–Crippen MR) is 352 cm³/mol. The maximum atomic E-state index is 10.6. The molecule has 0 atom stereocenters. The van der Waals surface area contributed by atoms with Crippen LogP contribution in [0.15, 0.2) is 285 Å². The SMILES string of the molecule is N#Cc1cccc(-c2cc(-c3nc(-c4ccccc4)cc(-c4ccccc4)n3)cc(-c3cccc(C#N)c3)c2-n2c3ccc(-c4nc(-c5ccccc5)nc(-c5ccccc5)n4)cc3c3cc(-c4nc(-c5ccccc5)nc(-c5ccccc5)n4)ccc32)c1. The lowest BCUT2D eigenvalue weighted by molar-refractivity contribution is 1.07. The van der Waals surface area contributed by atoms with Gasteiger partial charge in [0.15, 0.2) is 40.8 Å². The van der Waals surface area contributed by atoms with Crippen LogP contribution < -0.4 is 0 Å². The Morgan fingerprint density at radius 2 is 0.539 bits per heavy atom. The first-order valence-electron chi connectivity index (χ1n) is 29.0. The molecule has 4 aromatic heterocycles. The molecule has 0 fully saturated rings. The Labute approximate surface area is 512 Å². The van der Waals surface area contributed by atoms with E-state index < -0.39 is 0 Å². The highest BCUT2D eigenvalue weighted by Crippen LogP contribution is 2.46. The van der Waals surface area contributed by atoms with Gasteiger partial charge in [-0.25, -0.2) is 39.9 Å². The fourth-order valence-electron chi connectivity index (χ4n) is 11.5. The summed E-state index contributed by atoms with van der Waals surface area (Å²) in [5.74, 6) is 3.65. The fourth-order valence-corrected chi connectivity index (χ4v) is 11.5. The van der Waals surface area contributed by atoms with E-state index in [2.05, 4.69) is 89.5 Å². The van der Waals surface area contributed by atoms with Crippen molar-refractivity contribution in [2.24, 2.45) is 0 Å². The molecule has 15 aromatic rings. The van der Waals surface area contributed by atoms with Crippen molar-refractivity contribution in [2.45, 2.75) is 0 Å². The second kappa shape index (κ2) is 23.0. The summed E-state index contributed by atoms with van der Waals surface area (Å²) in [5.41, 5.74) is 15.7. The van der Waals surface area contributed by atoms with E-state index in [1.165, 1.54) is 0 Å². The van der Waals surface area contributed by atoms with Crippen molar-refractivity contribution < 1.29 is 0 Å². The Morgan fingerprint density at radius 3 is 0.876 bits per heavy atom. The molecule has 0 unspecified atom stereocenters. The van der Waals surface area contributed by atoms with E-state index in [0.717, 1.165) is 111 Å². The maximum Gasteiger partial charge on any atom is 0.164 e. The van der Waals surface area contributed by atoms with Crippen molar-refractivity contribution in [1.82, 2.24) is 44.4 Å². The molecule has 414 valence electrons. The number of nitrogens with zero attached hydrogens (tertiary/aromatic N) is 11.